The minimum atomic E-state index is -0.808. The van der Waals surface area contributed by atoms with E-state index >= 15 is 0 Å². The molecule has 1 fully saturated rings. The van der Waals surface area contributed by atoms with Crippen LogP contribution in [0.15, 0.2) is 36.9 Å². The molecule has 3 aromatic heterocycles. The highest BCUT2D eigenvalue weighted by molar-refractivity contribution is 6.30. The van der Waals surface area contributed by atoms with E-state index in [4.69, 9.17) is 23.1 Å². The number of nitrogens with two attached hydrogens (primary N) is 2. The van der Waals surface area contributed by atoms with Gasteiger partial charge in [-0.3, -0.25) is 9.78 Å². The van der Waals surface area contributed by atoms with Crippen molar-refractivity contribution in [3.8, 4) is 5.69 Å². The molecule has 0 unspecified atom stereocenters. The number of hydrogen-bond donors (Lipinski definition) is 4. The summed E-state index contributed by atoms with van der Waals surface area (Å²) in [5, 5.41) is 10.7. The summed E-state index contributed by atoms with van der Waals surface area (Å²) in [6.07, 6.45) is 10.0. The fourth-order valence-electron chi connectivity index (χ4n) is 3.59. The van der Waals surface area contributed by atoms with E-state index in [0.717, 1.165) is 31.7 Å². The standard InChI is InChI=1S/C20H22ClFN8O/c21-11-7-26-30(10-11)13-5-12(8-25-9-13)27-19-14(18(24)31)6-15(22)20(29-19)28-17-4-2-1-3-16(17)23/h5-10,16-17H,1-4,23H2,(H2,24,31)(H2,27,28,29)/t16-,17+/m0/s1. The van der Waals surface area contributed by atoms with Crippen LogP contribution < -0.4 is 22.1 Å². The van der Waals surface area contributed by atoms with Crippen LogP contribution >= 0.6 is 11.6 Å². The number of nitrogens with zero attached hydrogens (tertiary/aromatic N) is 4. The van der Waals surface area contributed by atoms with Crippen molar-refractivity contribution in [1.82, 2.24) is 19.7 Å². The monoisotopic (exact) mass is 444 g/mol. The van der Waals surface area contributed by atoms with Gasteiger partial charge in [-0.2, -0.15) is 5.10 Å². The summed E-state index contributed by atoms with van der Waals surface area (Å²) in [5.74, 6) is -1.36. The number of carbonyl (C=O) groups is 1. The summed E-state index contributed by atoms with van der Waals surface area (Å²) >= 11 is 5.93. The van der Waals surface area contributed by atoms with Gasteiger partial charge < -0.3 is 22.1 Å². The van der Waals surface area contributed by atoms with Crippen LogP contribution in [0.4, 0.5) is 21.7 Å². The van der Waals surface area contributed by atoms with Gasteiger partial charge in [-0.15, -0.1) is 0 Å². The first kappa shape index (κ1) is 21.0. The molecule has 0 aliphatic heterocycles. The molecule has 1 amide bonds. The molecule has 2 atom stereocenters. The number of carbonyl (C=O) groups excluding carboxylic acids is 1. The number of pyridine rings is 2. The number of anilines is 3. The molecule has 0 saturated heterocycles. The largest absolute Gasteiger partial charge is 0.365 e. The normalized spacial score (nSPS) is 18.5. The maximum absolute atomic E-state index is 14.7. The van der Waals surface area contributed by atoms with Crippen molar-refractivity contribution in [1.29, 1.82) is 0 Å². The van der Waals surface area contributed by atoms with E-state index in [9.17, 15) is 9.18 Å². The van der Waals surface area contributed by atoms with Gasteiger partial charge in [-0.1, -0.05) is 24.4 Å². The molecule has 0 spiro atoms. The highest BCUT2D eigenvalue weighted by Gasteiger charge is 2.24. The molecular weight excluding hydrogens is 423 g/mol. The smallest absolute Gasteiger partial charge is 0.252 e. The summed E-state index contributed by atoms with van der Waals surface area (Å²) in [7, 11) is 0. The van der Waals surface area contributed by atoms with Crippen LogP contribution in [-0.2, 0) is 0 Å². The molecule has 162 valence electrons. The van der Waals surface area contributed by atoms with Crippen LogP contribution in [0, 0.1) is 5.82 Å². The Morgan fingerprint density at radius 3 is 2.71 bits per heavy atom. The zero-order chi connectivity index (χ0) is 22.0. The Morgan fingerprint density at radius 2 is 2.00 bits per heavy atom. The molecule has 1 saturated carbocycles. The molecule has 6 N–H and O–H groups in total. The maximum Gasteiger partial charge on any atom is 0.252 e. The lowest BCUT2D eigenvalue weighted by Gasteiger charge is -2.30. The summed E-state index contributed by atoms with van der Waals surface area (Å²) in [5.41, 5.74) is 12.7. The number of primary amides is 1. The zero-order valence-electron chi connectivity index (χ0n) is 16.6. The minimum absolute atomic E-state index is 0.0119. The number of amides is 1. The average molecular weight is 445 g/mol. The van der Waals surface area contributed by atoms with E-state index in [1.165, 1.54) is 12.4 Å². The lowest BCUT2D eigenvalue weighted by molar-refractivity contribution is 0.100. The second kappa shape index (κ2) is 8.86. The van der Waals surface area contributed by atoms with E-state index in [0.29, 0.717) is 16.4 Å². The van der Waals surface area contributed by atoms with Crippen LogP contribution in [0.5, 0.6) is 0 Å². The second-order valence-electron chi connectivity index (χ2n) is 7.44. The first-order chi connectivity index (χ1) is 14.9. The fraction of sp³-hybridized carbons (Fsp3) is 0.300. The van der Waals surface area contributed by atoms with Gasteiger partial charge in [0.15, 0.2) is 11.6 Å². The van der Waals surface area contributed by atoms with Gasteiger partial charge in [0.1, 0.15) is 5.82 Å². The quantitative estimate of drug-likeness (QED) is 0.458. The molecule has 1 aliphatic rings. The lowest BCUT2D eigenvalue weighted by Crippen LogP contribution is -2.43. The third kappa shape index (κ3) is 4.75. The molecule has 0 radical (unpaired) electrons. The number of aromatic nitrogens is 4. The molecule has 1 aliphatic carbocycles. The van der Waals surface area contributed by atoms with E-state index in [1.807, 2.05) is 0 Å². The molecule has 9 nitrogen and oxygen atoms in total. The zero-order valence-corrected chi connectivity index (χ0v) is 17.3. The summed E-state index contributed by atoms with van der Waals surface area (Å²) in [6.45, 7) is 0. The Kier molecular flexibility index (Phi) is 6.01. The maximum atomic E-state index is 14.7. The van der Waals surface area contributed by atoms with Gasteiger partial charge in [-0.05, 0) is 25.0 Å². The molecule has 0 bridgehead atoms. The minimum Gasteiger partial charge on any atom is -0.365 e. The van der Waals surface area contributed by atoms with Gasteiger partial charge in [0.25, 0.3) is 5.91 Å². The van der Waals surface area contributed by atoms with Crippen molar-refractivity contribution < 1.29 is 9.18 Å². The van der Waals surface area contributed by atoms with Gasteiger partial charge in [0.2, 0.25) is 0 Å². The van der Waals surface area contributed by atoms with E-state index in [1.54, 1.807) is 23.1 Å². The highest BCUT2D eigenvalue weighted by atomic mass is 35.5. The van der Waals surface area contributed by atoms with Gasteiger partial charge >= 0.3 is 0 Å². The Morgan fingerprint density at radius 1 is 1.19 bits per heavy atom. The average Bonchev–Trinajstić information content (AvgIpc) is 3.18. The predicted molar refractivity (Wildman–Crippen MR) is 116 cm³/mol. The van der Waals surface area contributed by atoms with E-state index in [2.05, 4.69) is 25.7 Å². The fourth-order valence-corrected chi connectivity index (χ4v) is 3.72. The Labute approximate surface area is 183 Å². The van der Waals surface area contributed by atoms with Gasteiger partial charge in [0, 0.05) is 18.3 Å². The molecule has 3 heterocycles. The highest BCUT2D eigenvalue weighted by Crippen LogP contribution is 2.27. The van der Waals surface area contributed by atoms with Crippen LogP contribution in [-0.4, -0.2) is 37.7 Å². The SMILES string of the molecule is NC(=O)c1cc(F)c(N[C@@H]2CCCC[C@@H]2N)nc1Nc1cncc(-n2cc(Cl)cn2)c1. The van der Waals surface area contributed by atoms with Crippen LogP contribution in [0.1, 0.15) is 36.0 Å². The predicted octanol–water partition coefficient (Wildman–Crippen LogP) is 2.98. The van der Waals surface area contributed by atoms with Gasteiger partial charge in [0.05, 0.1) is 40.6 Å². The lowest BCUT2D eigenvalue weighted by atomic mass is 9.91. The number of rotatable bonds is 6. The first-order valence-electron chi connectivity index (χ1n) is 9.86. The third-order valence-corrected chi connectivity index (χ3v) is 5.38. The van der Waals surface area contributed by atoms with Crippen molar-refractivity contribution in [2.45, 2.75) is 37.8 Å². The number of halogens is 2. The van der Waals surface area contributed by atoms with Crippen molar-refractivity contribution >= 4 is 34.8 Å². The topological polar surface area (TPSA) is 137 Å². The van der Waals surface area contributed by atoms with Crippen molar-refractivity contribution in [3.63, 3.8) is 0 Å². The Bertz CT molecular complexity index is 1100. The molecular formula is C20H22ClFN8O. The Balaban J connectivity index is 1.64. The van der Waals surface area contributed by atoms with Crippen molar-refractivity contribution in [3.05, 3.63) is 53.3 Å². The Hall–Kier alpha value is -3.24. The van der Waals surface area contributed by atoms with Crippen LogP contribution in [0.3, 0.4) is 0 Å². The van der Waals surface area contributed by atoms with Crippen LogP contribution in [0.25, 0.3) is 5.69 Å². The third-order valence-electron chi connectivity index (χ3n) is 5.19. The molecule has 11 heteroatoms. The summed E-state index contributed by atoms with van der Waals surface area (Å²) < 4.78 is 16.2. The summed E-state index contributed by atoms with van der Waals surface area (Å²) in [6, 6.07) is 2.61. The van der Waals surface area contributed by atoms with Gasteiger partial charge in [-0.25, -0.2) is 14.1 Å². The first-order valence-corrected chi connectivity index (χ1v) is 10.2. The van der Waals surface area contributed by atoms with E-state index < -0.39 is 11.7 Å². The van der Waals surface area contributed by atoms with Crippen LogP contribution in [0.2, 0.25) is 5.02 Å². The number of nitrogens with one attached hydrogen (secondary N) is 2. The molecule has 3 aromatic rings. The molecule has 0 aromatic carbocycles. The van der Waals surface area contributed by atoms with E-state index in [-0.39, 0.29) is 29.3 Å². The second-order valence-corrected chi connectivity index (χ2v) is 7.87. The molecule has 4 rings (SSSR count). The number of hydrogen-bond acceptors (Lipinski definition) is 7. The van der Waals surface area contributed by atoms with Crippen molar-refractivity contribution in [2.75, 3.05) is 10.6 Å². The van der Waals surface area contributed by atoms with Crippen molar-refractivity contribution in [2.24, 2.45) is 11.5 Å². The summed E-state index contributed by atoms with van der Waals surface area (Å²) in [4.78, 5) is 20.4. The molecule has 31 heavy (non-hydrogen) atoms.